The fourth-order valence-corrected chi connectivity index (χ4v) is 1.84. The van der Waals surface area contributed by atoms with Gasteiger partial charge >= 0.3 is 6.01 Å². The van der Waals surface area contributed by atoms with Crippen molar-refractivity contribution in [3.63, 3.8) is 0 Å². The molecule has 0 unspecified atom stereocenters. The molecule has 1 heterocycles. The Morgan fingerprint density at radius 3 is 2.95 bits per heavy atom. The number of amides is 1. The number of carbonyl (C=O) groups excluding carboxylic acids is 1. The molecule has 1 N–H and O–H groups in total. The Bertz CT molecular complexity index is 526. The second kappa shape index (κ2) is 7.06. The van der Waals surface area contributed by atoms with Crippen molar-refractivity contribution in [3.05, 3.63) is 23.9 Å². The molecule has 0 saturated heterocycles. The molecule has 0 spiro atoms. The van der Waals surface area contributed by atoms with Crippen LogP contribution in [0.4, 0.5) is 5.82 Å². The van der Waals surface area contributed by atoms with Crippen LogP contribution in [0.5, 0.6) is 6.01 Å². The molecule has 0 aliphatic heterocycles. The van der Waals surface area contributed by atoms with Crippen molar-refractivity contribution in [2.75, 3.05) is 32.1 Å². The van der Waals surface area contributed by atoms with Crippen molar-refractivity contribution < 1.29 is 9.53 Å². The summed E-state index contributed by atoms with van der Waals surface area (Å²) in [5.41, 5.74) is 0.847. The fourth-order valence-electron chi connectivity index (χ4n) is 1.84. The van der Waals surface area contributed by atoms with Crippen LogP contribution in [0.2, 0.25) is 0 Å². The van der Waals surface area contributed by atoms with E-state index >= 15 is 0 Å². The summed E-state index contributed by atoms with van der Waals surface area (Å²) in [5, 5.41) is 2.87. The molecule has 114 valence electrons. The molecule has 0 atom stereocenters. The Morgan fingerprint density at radius 1 is 1.52 bits per heavy atom. The number of methoxy groups -OCH3 is 1. The monoisotopic (exact) mass is 290 g/mol. The van der Waals surface area contributed by atoms with Gasteiger partial charge in [-0.25, -0.2) is 4.98 Å². The van der Waals surface area contributed by atoms with E-state index in [4.69, 9.17) is 4.74 Å². The average Bonchev–Trinajstić information content (AvgIpc) is 3.28. The van der Waals surface area contributed by atoms with E-state index in [1.54, 1.807) is 13.2 Å². The van der Waals surface area contributed by atoms with Gasteiger partial charge in [0.25, 0.3) is 0 Å². The van der Waals surface area contributed by atoms with Crippen molar-refractivity contribution in [1.29, 1.82) is 0 Å². The highest BCUT2D eigenvalue weighted by Crippen LogP contribution is 2.29. The maximum Gasteiger partial charge on any atom is 0.318 e. The Hall–Kier alpha value is -2.11. The molecule has 1 aliphatic carbocycles. The third-order valence-electron chi connectivity index (χ3n) is 3.28. The summed E-state index contributed by atoms with van der Waals surface area (Å²) in [6, 6.07) is 2.24. The molecule has 6 nitrogen and oxygen atoms in total. The van der Waals surface area contributed by atoms with E-state index in [1.807, 2.05) is 31.0 Å². The van der Waals surface area contributed by atoms with Crippen LogP contribution in [-0.4, -0.2) is 43.1 Å². The molecule has 0 radical (unpaired) electrons. The standard InChI is InChI=1S/C15H22N4O2/c1-11-10-13(18-15(17-11)21-3)19(2)9-8-16-14(20)7-6-12-4-5-12/h6-7,10,12H,4-5,8-9H2,1-3H3,(H,16,20). The summed E-state index contributed by atoms with van der Waals surface area (Å²) in [5.74, 6) is 1.36. The molecule has 1 fully saturated rings. The average molecular weight is 290 g/mol. The zero-order valence-electron chi connectivity index (χ0n) is 12.8. The van der Waals surface area contributed by atoms with Crippen LogP contribution in [0, 0.1) is 12.8 Å². The number of carbonyl (C=O) groups is 1. The molecule has 21 heavy (non-hydrogen) atoms. The van der Waals surface area contributed by atoms with Crippen molar-refractivity contribution in [3.8, 4) is 6.01 Å². The molecular weight excluding hydrogens is 268 g/mol. The van der Waals surface area contributed by atoms with Gasteiger partial charge in [0.05, 0.1) is 7.11 Å². The number of ether oxygens (including phenoxy) is 1. The Labute approximate surface area is 125 Å². The van der Waals surface area contributed by atoms with Gasteiger partial charge in [-0.05, 0) is 31.8 Å². The predicted molar refractivity (Wildman–Crippen MR) is 81.5 cm³/mol. The lowest BCUT2D eigenvalue weighted by Gasteiger charge is -2.18. The van der Waals surface area contributed by atoms with Gasteiger partial charge in [-0.3, -0.25) is 4.79 Å². The third kappa shape index (κ3) is 5.06. The summed E-state index contributed by atoms with van der Waals surface area (Å²) in [4.78, 5) is 22.0. The van der Waals surface area contributed by atoms with Crippen molar-refractivity contribution in [2.24, 2.45) is 5.92 Å². The zero-order valence-corrected chi connectivity index (χ0v) is 12.8. The van der Waals surface area contributed by atoms with Crippen LogP contribution >= 0.6 is 0 Å². The Morgan fingerprint density at radius 2 is 2.29 bits per heavy atom. The second-order valence-electron chi connectivity index (χ2n) is 5.26. The second-order valence-corrected chi connectivity index (χ2v) is 5.26. The zero-order chi connectivity index (χ0) is 15.2. The number of nitrogens with zero attached hydrogens (tertiary/aromatic N) is 3. The first kappa shape index (κ1) is 15.3. The van der Waals surface area contributed by atoms with E-state index in [0.717, 1.165) is 11.5 Å². The number of hydrogen-bond acceptors (Lipinski definition) is 5. The molecule has 1 aromatic rings. The summed E-state index contributed by atoms with van der Waals surface area (Å²) in [6.07, 6.45) is 6.04. The van der Waals surface area contributed by atoms with Gasteiger partial charge in [0, 0.05) is 31.9 Å². The lowest BCUT2D eigenvalue weighted by Crippen LogP contribution is -2.32. The highest BCUT2D eigenvalue weighted by Gasteiger charge is 2.17. The highest BCUT2D eigenvalue weighted by atomic mass is 16.5. The quantitative estimate of drug-likeness (QED) is 0.767. The SMILES string of the molecule is COc1nc(C)cc(N(C)CCNC(=O)C=CC2CC2)n1. The molecule has 1 aliphatic rings. The van der Waals surface area contributed by atoms with Gasteiger partial charge < -0.3 is 15.0 Å². The van der Waals surface area contributed by atoms with Crippen LogP contribution in [0.15, 0.2) is 18.2 Å². The van der Waals surface area contributed by atoms with Crippen LogP contribution in [0.25, 0.3) is 0 Å². The van der Waals surface area contributed by atoms with Crippen LogP contribution < -0.4 is 15.0 Å². The van der Waals surface area contributed by atoms with Crippen LogP contribution in [0.3, 0.4) is 0 Å². The summed E-state index contributed by atoms with van der Waals surface area (Å²) in [7, 11) is 3.47. The molecule has 2 rings (SSSR count). The van der Waals surface area contributed by atoms with Crippen molar-refractivity contribution >= 4 is 11.7 Å². The molecule has 1 amide bonds. The maximum atomic E-state index is 11.6. The Balaban J connectivity index is 1.79. The van der Waals surface area contributed by atoms with Gasteiger partial charge in [0.1, 0.15) is 5.82 Å². The molecular formula is C15H22N4O2. The lowest BCUT2D eigenvalue weighted by atomic mass is 10.3. The molecule has 6 heteroatoms. The number of nitrogens with one attached hydrogen (secondary N) is 1. The van der Waals surface area contributed by atoms with Crippen LogP contribution in [0.1, 0.15) is 18.5 Å². The first-order valence-corrected chi connectivity index (χ1v) is 7.15. The van der Waals surface area contributed by atoms with E-state index in [1.165, 1.54) is 12.8 Å². The van der Waals surface area contributed by atoms with Gasteiger partial charge in [-0.1, -0.05) is 6.08 Å². The molecule has 0 bridgehead atoms. The minimum absolute atomic E-state index is 0.0354. The predicted octanol–water partition coefficient (Wildman–Crippen LogP) is 1.31. The number of aryl methyl sites for hydroxylation is 1. The normalized spacial score (nSPS) is 14.2. The largest absolute Gasteiger partial charge is 0.467 e. The van der Waals surface area contributed by atoms with E-state index in [0.29, 0.717) is 25.0 Å². The summed E-state index contributed by atoms with van der Waals surface area (Å²) < 4.78 is 5.06. The Kier molecular flexibility index (Phi) is 5.14. The maximum absolute atomic E-state index is 11.6. The highest BCUT2D eigenvalue weighted by molar-refractivity contribution is 5.87. The smallest absolute Gasteiger partial charge is 0.318 e. The summed E-state index contributed by atoms with van der Waals surface area (Å²) in [6.45, 7) is 3.13. The molecule has 0 aromatic carbocycles. The fraction of sp³-hybridized carbons (Fsp3) is 0.533. The molecule has 1 aromatic heterocycles. The van der Waals surface area contributed by atoms with Crippen molar-refractivity contribution in [2.45, 2.75) is 19.8 Å². The molecule has 1 saturated carbocycles. The third-order valence-corrected chi connectivity index (χ3v) is 3.28. The van der Waals surface area contributed by atoms with E-state index < -0.39 is 0 Å². The van der Waals surface area contributed by atoms with E-state index in [2.05, 4.69) is 15.3 Å². The summed E-state index contributed by atoms with van der Waals surface area (Å²) >= 11 is 0. The van der Waals surface area contributed by atoms with Gasteiger partial charge in [-0.2, -0.15) is 4.98 Å². The minimum atomic E-state index is -0.0354. The van der Waals surface area contributed by atoms with Crippen LogP contribution in [-0.2, 0) is 4.79 Å². The number of anilines is 1. The number of likely N-dealkylation sites (N-methyl/N-ethyl adjacent to an activating group) is 1. The van der Waals surface area contributed by atoms with E-state index in [9.17, 15) is 4.79 Å². The first-order valence-electron chi connectivity index (χ1n) is 7.15. The van der Waals surface area contributed by atoms with E-state index in [-0.39, 0.29) is 5.91 Å². The number of aromatic nitrogens is 2. The van der Waals surface area contributed by atoms with Gasteiger partial charge in [-0.15, -0.1) is 0 Å². The topological polar surface area (TPSA) is 67.3 Å². The number of hydrogen-bond donors (Lipinski definition) is 1. The lowest BCUT2D eigenvalue weighted by molar-refractivity contribution is -0.116. The first-order chi connectivity index (χ1) is 10.1. The number of rotatable bonds is 7. The number of allylic oxidation sites excluding steroid dienone is 1. The van der Waals surface area contributed by atoms with Crippen molar-refractivity contribution in [1.82, 2.24) is 15.3 Å². The van der Waals surface area contributed by atoms with Gasteiger partial charge in [0.2, 0.25) is 5.91 Å². The van der Waals surface area contributed by atoms with Gasteiger partial charge in [0.15, 0.2) is 0 Å². The minimum Gasteiger partial charge on any atom is -0.467 e.